The van der Waals surface area contributed by atoms with Gasteiger partial charge in [0.2, 0.25) is 0 Å². The van der Waals surface area contributed by atoms with Gasteiger partial charge in [0, 0.05) is 0 Å². The van der Waals surface area contributed by atoms with Crippen molar-refractivity contribution in [1.82, 2.24) is 4.98 Å². The number of carbonyl (C=O) groups is 1. The summed E-state index contributed by atoms with van der Waals surface area (Å²) in [6.07, 6.45) is 0. The van der Waals surface area contributed by atoms with Crippen LogP contribution in [0, 0.1) is 0 Å². The zero-order valence-electron chi connectivity index (χ0n) is 28.6. The maximum absolute atomic E-state index is 14.8. The summed E-state index contributed by atoms with van der Waals surface area (Å²) in [5.41, 5.74) is 2.98. The van der Waals surface area contributed by atoms with Gasteiger partial charge in [0.05, 0.1) is 0 Å². The number of fused-ring (bicyclic) bond motifs is 1. The van der Waals surface area contributed by atoms with Crippen LogP contribution in [-0.4, -0.2) is 52.7 Å². The van der Waals surface area contributed by atoms with Crippen LogP contribution in [0.1, 0.15) is 17.3 Å². The Morgan fingerprint density at radius 1 is 0.612 bits per heavy atom. The molecule has 0 bridgehead atoms. The summed E-state index contributed by atoms with van der Waals surface area (Å²) < 4.78 is 28.9. The minimum atomic E-state index is -3.89. The molecule has 1 aromatic heterocycles. The van der Waals surface area contributed by atoms with E-state index in [0.717, 1.165) is 21.5 Å². The number of benzene rings is 5. The van der Waals surface area contributed by atoms with E-state index in [9.17, 15) is 4.79 Å². The Morgan fingerprint density at radius 3 is 1.55 bits per heavy atom. The molecule has 0 saturated carbocycles. The molecule has 8 heteroatoms. The van der Waals surface area contributed by atoms with Crippen molar-refractivity contribution in [3.05, 3.63) is 127 Å². The summed E-state index contributed by atoms with van der Waals surface area (Å²) in [7, 11) is 6.38. The van der Waals surface area contributed by atoms with Gasteiger partial charge in [-0.1, -0.05) is 0 Å². The van der Waals surface area contributed by atoms with Crippen molar-refractivity contribution in [2.75, 3.05) is 41.7 Å². The Morgan fingerprint density at radius 2 is 1.08 bits per heavy atom. The molecule has 7 nitrogen and oxygen atoms in total. The molecule has 0 aliphatic heterocycles. The first-order valence-corrected chi connectivity index (χ1v) is 18.7. The van der Waals surface area contributed by atoms with Gasteiger partial charge in [0.1, 0.15) is 0 Å². The third-order valence-electron chi connectivity index (χ3n) is 9.36. The fourth-order valence-electron chi connectivity index (χ4n) is 6.89. The SMILES string of the molecule is CCOC(=O)c1c(P(C)(c2ccccc2)(c2ccccc2)c2ccccc2)nc2cc(OC)c(OC)cc2c1-c1ccc(OC)c(OC)c1. The Hall–Kier alpha value is -5.39. The standard InChI is InChI=1S/C41H40NO6P/c1-7-48-41(43)39-38(28-23-24-34(44-2)35(25-28)45-3)32-26-36(46-4)37(47-5)27-33(32)42-40(39)49(6,29-17-11-8-12-18-29,30-19-13-9-14-20-30)31-21-15-10-16-22-31/h8-27H,7H2,1-6H3. The molecule has 0 aliphatic carbocycles. The normalized spacial score (nSPS) is 12.1. The first-order valence-electron chi connectivity index (χ1n) is 16.0. The molecule has 0 fully saturated rings. The molecule has 0 spiro atoms. The molecule has 0 unspecified atom stereocenters. The number of pyridine rings is 1. The minimum absolute atomic E-state index is 0.176. The van der Waals surface area contributed by atoms with Gasteiger partial charge in [-0.2, -0.15) is 0 Å². The number of nitrogens with zero attached hydrogens (tertiary/aromatic N) is 1. The third kappa shape index (κ3) is 5.35. The number of carbonyl (C=O) groups excluding carboxylic acids is 1. The first kappa shape index (κ1) is 33.5. The molecule has 6 rings (SSSR count). The number of aromatic nitrogens is 1. The third-order valence-corrected chi connectivity index (χ3v) is 15.5. The second-order valence-corrected chi connectivity index (χ2v) is 16.9. The van der Waals surface area contributed by atoms with Gasteiger partial charge < -0.3 is 0 Å². The monoisotopic (exact) mass is 673 g/mol. The number of methoxy groups -OCH3 is 4. The summed E-state index contributed by atoms with van der Waals surface area (Å²) in [4.78, 5) is 20.4. The van der Waals surface area contributed by atoms with E-state index < -0.39 is 12.6 Å². The summed E-state index contributed by atoms with van der Waals surface area (Å²) in [5.74, 6) is 1.63. The Balaban J connectivity index is 1.95. The van der Waals surface area contributed by atoms with Gasteiger partial charge in [-0.15, -0.1) is 0 Å². The molecule has 0 atom stereocenters. The van der Waals surface area contributed by atoms with E-state index in [0.29, 0.717) is 50.5 Å². The van der Waals surface area contributed by atoms with Gasteiger partial charge in [0.25, 0.3) is 0 Å². The van der Waals surface area contributed by atoms with E-state index in [1.54, 1.807) is 28.4 Å². The van der Waals surface area contributed by atoms with E-state index >= 15 is 0 Å². The van der Waals surface area contributed by atoms with Crippen molar-refractivity contribution in [2.45, 2.75) is 6.92 Å². The molecule has 0 aliphatic rings. The number of hydrogen-bond acceptors (Lipinski definition) is 7. The van der Waals surface area contributed by atoms with Crippen molar-refractivity contribution in [3.8, 4) is 34.1 Å². The van der Waals surface area contributed by atoms with Crippen molar-refractivity contribution < 1.29 is 28.5 Å². The molecule has 0 amide bonds. The summed E-state index contributed by atoms with van der Waals surface area (Å²) in [5, 5.41) is 3.82. The van der Waals surface area contributed by atoms with Crippen LogP contribution < -0.4 is 40.3 Å². The molecule has 5 aromatic carbocycles. The molecule has 0 radical (unpaired) electrons. The van der Waals surface area contributed by atoms with Crippen LogP contribution in [0.2, 0.25) is 0 Å². The number of hydrogen-bond donors (Lipinski definition) is 0. The van der Waals surface area contributed by atoms with E-state index in [4.69, 9.17) is 28.7 Å². The predicted octanol–water partition coefficient (Wildman–Crippen LogP) is 6.90. The molecular weight excluding hydrogens is 633 g/mol. The summed E-state index contributed by atoms with van der Waals surface area (Å²) >= 11 is 0. The van der Waals surface area contributed by atoms with Gasteiger partial charge in [-0.25, -0.2) is 0 Å². The van der Waals surface area contributed by atoms with E-state index in [1.165, 1.54) is 0 Å². The molecule has 1 heterocycles. The van der Waals surface area contributed by atoms with Crippen LogP contribution in [-0.2, 0) is 4.74 Å². The van der Waals surface area contributed by atoms with Crippen molar-refractivity contribution in [2.24, 2.45) is 0 Å². The molecule has 250 valence electrons. The fourth-order valence-corrected chi connectivity index (χ4v) is 12.4. The van der Waals surface area contributed by atoms with Crippen LogP contribution in [0.15, 0.2) is 121 Å². The Labute approximate surface area is 287 Å². The van der Waals surface area contributed by atoms with Gasteiger partial charge >= 0.3 is 288 Å². The molecule has 0 N–H and O–H groups in total. The average molecular weight is 674 g/mol. The Kier molecular flexibility index (Phi) is 9.31. The molecular formula is C41H40NO6P. The zero-order chi connectivity index (χ0) is 34.6. The number of ether oxygens (including phenoxy) is 5. The number of esters is 1. The summed E-state index contributed by atoms with van der Waals surface area (Å²) in [6.45, 7) is 0.376. The van der Waals surface area contributed by atoms with E-state index in [1.807, 2.05) is 91.9 Å². The van der Waals surface area contributed by atoms with Gasteiger partial charge in [-0.05, 0) is 0 Å². The van der Waals surface area contributed by atoms with Crippen LogP contribution in [0.3, 0.4) is 0 Å². The van der Waals surface area contributed by atoms with Crippen LogP contribution >= 0.6 is 6.60 Å². The van der Waals surface area contributed by atoms with Crippen LogP contribution in [0.4, 0.5) is 0 Å². The average Bonchev–Trinajstić information content (AvgIpc) is 3.17. The number of rotatable bonds is 11. The maximum atomic E-state index is 14.8. The van der Waals surface area contributed by atoms with Crippen molar-refractivity contribution in [1.29, 1.82) is 0 Å². The predicted molar refractivity (Wildman–Crippen MR) is 200 cm³/mol. The second kappa shape index (κ2) is 13.6. The van der Waals surface area contributed by atoms with E-state index in [-0.39, 0.29) is 6.61 Å². The first-order chi connectivity index (χ1) is 23.8. The second-order valence-electron chi connectivity index (χ2n) is 11.8. The zero-order valence-corrected chi connectivity index (χ0v) is 29.5. The summed E-state index contributed by atoms with van der Waals surface area (Å²) in [6, 6.07) is 40.5. The fraction of sp³-hybridized carbons (Fsp3) is 0.171. The molecule has 49 heavy (non-hydrogen) atoms. The molecule has 6 aromatic rings. The van der Waals surface area contributed by atoms with E-state index in [2.05, 4.69) is 43.1 Å². The van der Waals surface area contributed by atoms with Crippen LogP contribution in [0.5, 0.6) is 23.0 Å². The van der Waals surface area contributed by atoms with Crippen molar-refractivity contribution in [3.63, 3.8) is 0 Å². The topological polar surface area (TPSA) is 76.1 Å². The van der Waals surface area contributed by atoms with Gasteiger partial charge in [0.15, 0.2) is 0 Å². The molecule has 0 saturated heterocycles. The quantitative estimate of drug-likeness (QED) is 0.109. The van der Waals surface area contributed by atoms with Crippen molar-refractivity contribution >= 4 is 44.8 Å². The Bertz CT molecular complexity index is 2020. The van der Waals surface area contributed by atoms with Gasteiger partial charge in [-0.3, -0.25) is 0 Å². The van der Waals surface area contributed by atoms with Crippen LogP contribution in [0.25, 0.3) is 22.0 Å².